The van der Waals surface area contributed by atoms with Gasteiger partial charge in [0.05, 0.1) is 18.1 Å². The van der Waals surface area contributed by atoms with Crippen LogP contribution in [0.25, 0.3) is 0 Å². The summed E-state index contributed by atoms with van der Waals surface area (Å²) in [7, 11) is -3.28. The lowest BCUT2D eigenvalue weighted by molar-refractivity contribution is -0.148. The molecule has 0 aromatic heterocycles. The number of hydrogen-bond acceptors (Lipinski definition) is 5. The smallest absolute Gasteiger partial charge is 0.332 e. The van der Waals surface area contributed by atoms with E-state index in [9.17, 15) is 13.2 Å². The maximum Gasteiger partial charge on any atom is 0.332 e. The molecule has 0 spiro atoms. The number of benzene rings is 1. The molecule has 1 aliphatic rings. The topological polar surface area (TPSA) is 72.5 Å². The molecule has 1 N–H and O–H groups in total. The number of carbonyl (C=O) groups excluding carboxylic acids is 1. The number of carbonyl (C=O) groups is 1. The number of hydrogen-bond donors (Lipinski definition) is 1. The molecule has 1 atom stereocenters. The van der Waals surface area contributed by atoms with E-state index in [-0.39, 0.29) is 18.1 Å². The van der Waals surface area contributed by atoms with E-state index in [1.54, 1.807) is 31.2 Å². The first-order valence-electron chi connectivity index (χ1n) is 6.78. The van der Waals surface area contributed by atoms with Crippen LogP contribution in [0.3, 0.4) is 0 Å². The minimum atomic E-state index is -3.28. The molecule has 1 aromatic carbocycles. The van der Waals surface area contributed by atoms with Crippen molar-refractivity contribution in [3.8, 4) is 0 Å². The Morgan fingerprint density at radius 1 is 1.48 bits per heavy atom. The largest absolute Gasteiger partial charge is 0.464 e. The molecular weight excluding hydrogens is 314 g/mol. The molecule has 1 aromatic rings. The molecule has 2 rings (SSSR count). The van der Waals surface area contributed by atoms with Gasteiger partial charge >= 0.3 is 5.97 Å². The van der Waals surface area contributed by atoms with Crippen LogP contribution in [0.5, 0.6) is 0 Å². The van der Waals surface area contributed by atoms with E-state index < -0.39 is 21.3 Å². The average molecular weight is 332 g/mol. The monoisotopic (exact) mass is 331 g/mol. The Bertz CT molecular complexity index is 632. The molecule has 0 bridgehead atoms. The number of sulfone groups is 1. The highest BCUT2D eigenvalue weighted by Crippen LogP contribution is 2.29. The van der Waals surface area contributed by atoms with Crippen molar-refractivity contribution >= 4 is 33.1 Å². The molecule has 1 heterocycles. The molecule has 0 saturated carbocycles. The Labute approximate surface area is 129 Å². The molecule has 1 aliphatic heterocycles. The number of esters is 1. The number of ether oxygens (including phenoxy) is 1. The molecule has 1 unspecified atom stereocenters. The van der Waals surface area contributed by atoms with Crippen LogP contribution in [0.2, 0.25) is 5.02 Å². The quantitative estimate of drug-likeness (QED) is 0.857. The summed E-state index contributed by atoms with van der Waals surface area (Å²) in [5.41, 5.74) is -0.634. The maximum atomic E-state index is 12.3. The fourth-order valence-corrected chi connectivity index (χ4v) is 4.54. The highest BCUT2D eigenvalue weighted by Gasteiger charge is 2.46. The van der Waals surface area contributed by atoms with Gasteiger partial charge in [0.15, 0.2) is 9.84 Å². The minimum Gasteiger partial charge on any atom is -0.464 e. The van der Waals surface area contributed by atoms with E-state index in [4.69, 9.17) is 16.3 Å². The van der Waals surface area contributed by atoms with E-state index in [0.29, 0.717) is 23.6 Å². The van der Waals surface area contributed by atoms with Gasteiger partial charge in [-0.1, -0.05) is 17.7 Å². The van der Waals surface area contributed by atoms with Crippen molar-refractivity contribution in [1.82, 2.24) is 0 Å². The SMILES string of the molecule is CCOC(=O)C1(Nc2cccc(Cl)c2)CCCS(=O)(=O)C1. The van der Waals surface area contributed by atoms with Gasteiger partial charge in [-0.15, -0.1) is 0 Å². The average Bonchev–Trinajstić information content (AvgIpc) is 2.37. The molecular formula is C14H18ClNO4S. The molecule has 116 valence electrons. The van der Waals surface area contributed by atoms with Gasteiger partial charge in [-0.05, 0) is 38.0 Å². The predicted octanol–water partition coefficient (Wildman–Crippen LogP) is 2.26. The van der Waals surface area contributed by atoms with Crippen LogP contribution in [0, 0.1) is 0 Å². The summed E-state index contributed by atoms with van der Waals surface area (Å²) in [5.74, 6) is -0.690. The van der Waals surface area contributed by atoms with E-state index in [1.807, 2.05) is 0 Å². The molecule has 1 fully saturated rings. The normalized spacial score (nSPS) is 24.3. The zero-order valence-corrected chi connectivity index (χ0v) is 13.3. The second-order valence-electron chi connectivity index (χ2n) is 5.13. The molecule has 21 heavy (non-hydrogen) atoms. The zero-order chi connectivity index (χ0) is 15.5. The summed E-state index contributed by atoms with van der Waals surface area (Å²) in [5, 5.41) is 3.55. The molecule has 1 saturated heterocycles. The lowest BCUT2D eigenvalue weighted by Gasteiger charge is -2.36. The minimum absolute atomic E-state index is 0.103. The van der Waals surface area contributed by atoms with E-state index in [0.717, 1.165) is 0 Å². The third-order valence-electron chi connectivity index (χ3n) is 3.40. The number of nitrogens with one attached hydrogen (secondary N) is 1. The van der Waals surface area contributed by atoms with E-state index in [1.165, 1.54) is 0 Å². The first-order chi connectivity index (χ1) is 9.87. The summed E-state index contributed by atoms with van der Waals surface area (Å²) < 4.78 is 29.0. The van der Waals surface area contributed by atoms with Gasteiger partial charge in [-0.2, -0.15) is 0 Å². The standard InChI is InChI=1S/C14H18ClNO4S/c1-2-20-13(17)14(7-4-8-21(18,19)10-14)16-12-6-3-5-11(15)9-12/h3,5-6,9,16H,2,4,7-8,10H2,1H3. The van der Waals surface area contributed by atoms with Crippen molar-refractivity contribution < 1.29 is 17.9 Å². The van der Waals surface area contributed by atoms with Gasteiger partial charge in [0, 0.05) is 10.7 Å². The Balaban J connectivity index is 2.34. The Kier molecular flexibility index (Phi) is 4.78. The van der Waals surface area contributed by atoms with Crippen molar-refractivity contribution in [2.24, 2.45) is 0 Å². The van der Waals surface area contributed by atoms with Crippen LogP contribution in [0.15, 0.2) is 24.3 Å². The predicted molar refractivity (Wildman–Crippen MR) is 82.3 cm³/mol. The van der Waals surface area contributed by atoms with Gasteiger partial charge < -0.3 is 10.1 Å². The fraction of sp³-hybridized carbons (Fsp3) is 0.500. The van der Waals surface area contributed by atoms with Gasteiger partial charge in [-0.25, -0.2) is 13.2 Å². The van der Waals surface area contributed by atoms with Crippen LogP contribution >= 0.6 is 11.6 Å². The third kappa shape index (κ3) is 3.89. The molecule has 5 nitrogen and oxygen atoms in total. The van der Waals surface area contributed by atoms with Crippen LogP contribution in [-0.4, -0.2) is 38.0 Å². The summed E-state index contributed by atoms with van der Waals surface area (Å²) in [6, 6.07) is 6.85. The highest BCUT2D eigenvalue weighted by molar-refractivity contribution is 7.91. The summed E-state index contributed by atoms with van der Waals surface area (Å²) in [4.78, 5) is 12.3. The van der Waals surface area contributed by atoms with Crippen molar-refractivity contribution in [3.63, 3.8) is 0 Å². The summed E-state index contributed by atoms with van der Waals surface area (Å²) >= 11 is 5.93. The second kappa shape index (κ2) is 6.23. The highest BCUT2D eigenvalue weighted by atomic mass is 35.5. The Morgan fingerprint density at radius 2 is 2.24 bits per heavy atom. The first-order valence-corrected chi connectivity index (χ1v) is 8.98. The van der Waals surface area contributed by atoms with Crippen LogP contribution < -0.4 is 5.32 Å². The lowest BCUT2D eigenvalue weighted by Crippen LogP contribution is -2.55. The van der Waals surface area contributed by atoms with Crippen LogP contribution in [0.4, 0.5) is 5.69 Å². The molecule has 0 radical (unpaired) electrons. The summed E-state index contributed by atoms with van der Waals surface area (Å²) in [6.07, 6.45) is 0.840. The molecule has 0 amide bonds. The van der Waals surface area contributed by atoms with Gasteiger partial charge in [0.25, 0.3) is 0 Å². The molecule has 7 heteroatoms. The van der Waals surface area contributed by atoms with Crippen LogP contribution in [0.1, 0.15) is 19.8 Å². The maximum absolute atomic E-state index is 12.3. The van der Waals surface area contributed by atoms with E-state index >= 15 is 0 Å². The number of halogens is 1. The fourth-order valence-electron chi connectivity index (χ4n) is 2.54. The third-order valence-corrected chi connectivity index (χ3v) is 5.48. The lowest BCUT2D eigenvalue weighted by atomic mass is 9.95. The second-order valence-corrected chi connectivity index (χ2v) is 7.75. The Hall–Kier alpha value is -1.27. The number of rotatable bonds is 4. The van der Waals surface area contributed by atoms with Crippen molar-refractivity contribution in [1.29, 1.82) is 0 Å². The van der Waals surface area contributed by atoms with Gasteiger partial charge in [0.2, 0.25) is 0 Å². The van der Waals surface area contributed by atoms with Crippen molar-refractivity contribution in [2.75, 3.05) is 23.4 Å². The van der Waals surface area contributed by atoms with E-state index in [2.05, 4.69) is 5.32 Å². The zero-order valence-electron chi connectivity index (χ0n) is 11.8. The van der Waals surface area contributed by atoms with Gasteiger partial charge in [0.1, 0.15) is 5.54 Å². The first kappa shape index (κ1) is 16.1. The van der Waals surface area contributed by atoms with Gasteiger partial charge in [-0.3, -0.25) is 0 Å². The Morgan fingerprint density at radius 3 is 2.86 bits per heavy atom. The number of anilines is 1. The molecule has 0 aliphatic carbocycles. The van der Waals surface area contributed by atoms with Crippen molar-refractivity contribution in [2.45, 2.75) is 25.3 Å². The van der Waals surface area contributed by atoms with Crippen molar-refractivity contribution in [3.05, 3.63) is 29.3 Å². The van der Waals surface area contributed by atoms with Crippen LogP contribution in [-0.2, 0) is 19.4 Å². The summed E-state index contributed by atoms with van der Waals surface area (Å²) in [6.45, 7) is 1.90.